The highest BCUT2D eigenvalue weighted by atomic mass is 16.5. The topological polar surface area (TPSA) is 55.4 Å². The summed E-state index contributed by atoms with van der Waals surface area (Å²) in [6.45, 7) is 5.32. The molecule has 0 bridgehead atoms. The van der Waals surface area contributed by atoms with E-state index in [0.717, 1.165) is 0 Å². The van der Waals surface area contributed by atoms with Crippen molar-refractivity contribution in [2.75, 3.05) is 6.61 Å². The third-order valence-corrected chi connectivity index (χ3v) is 1.30. The van der Waals surface area contributed by atoms with Gasteiger partial charge in [0, 0.05) is 18.7 Å². The number of rotatable bonds is 4. The minimum Gasteiger partial charge on any atom is -0.463 e. The zero-order valence-electron chi connectivity index (χ0n) is 8.22. The van der Waals surface area contributed by atoms with Crippen LogP contribution in [0.3, 0.4) is 0 Å². The molecule has 0 aliphatic heterocycles. The van der Waals surface area contributed by atoms with Gasteiger partial charge < -0.3 is 10.1 Å². The Morgan fingerprint density at radius 1 is 1.38 bits per heavy atom. The Balaban J connectivity index is 4.20. The SMILES string of the molecule is CCOC(=O)/C=C(\CC)NC(C)=O. The Kier molecular flexibility index (Phi) is 5.59. The van der Waals surface area contributed by atoms with Crippen LogP contribution in [0.25, 0.3) is 0 Å². The molecule has 1 amide bonds. The first-order valence-corrected chi connectivity index (χ1v) is 4.25. The van der Waals surface area contributed by atoms with Gasteiger partial charge in [0.05, 0.1) is 6.61 Å². The smallest absolute Gasteiger partial charge is 0.332 e. The molecule has 0 aliphatic carbocycles. The van der Waals surface area contributed by atoms with Crippen LogP contribution in [0, 0.1) is 0 Å². The third-order valence-electron chi connectivity index (χ3n) is 1.30. The molecule has 0 spiro atoms. The normalized spacial score (nSPS) is 10.8. The van der Waals surface area contributed by atoms with Gasteiger partial charge in [-0.3, -0.25) is 4.79 Å². The largest absolute Gasteiger partial charge is 0.463 e. The lowest BCUT2D eigenvalue weighted by Crippen LogP contribution is -2.20. The fraction of sp³-hybridized carbons (Fsp3) is 0.556. The molecule has 0 unspecified atom stereocenters. The molecule has 0 saturated heterocycles. The number of allylic oxidation sites excluding steroid dienone is 1. The first kappa shape index (κ1) is 11.7. The maximum Gasteiger partial charge on any atom is 0.332 e. The second kappa shape index (κ2) is 6.22. The van der Waals surface area contributed by atoms with Crippen molar-refractivity contribution < 1.29 is 14.3 Å². The van der Waals surface area contributed by atoms with Gasteiger partial charge in [0.2, 0.25) is 5.91 Å². The van der Waals surface area contributed by atoms with E-state index in [-0.39, 0.29) is 5.91 Å². The molecule has 1 N–H and O–H groups in total. The van der Waals surface area contributed by atoms with E-state index in [4.69, 9.17) is 0 Å². The molecule has 0 aromatic rings. The van der Waals surface area contributed by atoms with Gasteiger partial charge in [0.1, 0.15) is 0 Å². The molecule has 4 heteroatoms. The summed E-state index contributed by atoms with van der Waals surface area (Å²) in [7, 11) is 0. The van der Waals surface area contributed by atoms with Crippen LogP contribution in [0.1, 0.15) is 27.2 Å². The zero-order valence-corrected chi connectivity index (χ0v) is 8.22. The van der Waals surface area contributed by atoms with E-state index < -0.39 is 5.97 Å². The molecule has 0 radical (unpaired) electrons. The van der Waals surface area contributed by atoms with Crippen molar-refractivity contribution in [3.05, 3.63) is 11.8 Å². The number of carbonyl (C=O) groups is 2. The van der Waals surface area contributed by atoms with Gasteiger partial charge in [0.25, 0.3) is 0 Å². The molecule has 4 nitrogen and oxygen atoms in total. The molecule has 13 heavy (non-hydrogen) atoms. The van der Waals surface area contributed by atoms with E-state index in [1.807, 2.05) is 6.92 Å². The maximum atomic E-state index is 10.9. The number of amides is 1. The quantitative estimate of drug-likeness (QED) is 0.524. The lowest BCUT2D eigenvalue weighted by atomic mass is 10.3. The van der Waals surface area contributed by atoms with Crippen LogP contribution in [0.15, 0.2) is 11.8 Å². The highest BCUT2D eigenvalue weighted by molar-refractivity contribution is 5.84. The van der Waals surface area contributed by atoms with Crippen molar-refractivity contribution >= 4 is 11.9 Å². The van der Waals surface area contributed by atoms with Gasteiger partial charge >= 0.3 is 5.97 Å². The minimum absolute atomic E-state index is 0.183. The molecular formula is C9H15NO3. The predicted octanol–water partition coefficient (Wildman–Crippen LogP) is 0.980. The number of carbonyl (C=O) groups excluding carboxylic acids is 2. The van der Waals surface area contributed by atoms with Gasteiger partial charge in [-0.25, -0.2) is 4.79 Å². The highest BCUT2D eigenvalue weighted by Gasteiger charge is 2.01. The van der Waals surface area contributed by atoms with Crippen LogP contribution >= 0.6 is 0 Å². The van der Waals surface area contributed by atoms with Crippen LogP contribution in [0.5, 0.6) is 0 Å². The van der Waals surface area contributed by atoms with E-state index in [2.05, 4.69) is 10.1 Å². The van der Waals surface area contributed by atoms with Gasteiger partial charge in [-0.05, 0) is 13.3 Å². The Bertz CT molecular complexity index is 221. The fourth-order valence-corrected chi connectivity index (χ4v) is 0.779. The van der Waals surface area contributed by atoms with E-state index in [1.54, 1.807) is 6.92 Å². The van der Waals surface area contributed by atoms with Gasteiger partial charge in [0.15, 0.2) is 0 Å². The molecule has 0 atom stereocenters. The van der Waals surface area contributed by atoms with Crippen molar-refractivity contribution in [1.29, 1.82) is 0 Å². The van der Waals surface area contributed by atoms with Crippen molar-refractivity contribution in [1.82, 2.24) is 5.32 Å². The number of esters is 1. The van der Waals surface area contributed by atoms with Crippen molar-refractivity contribution in [3.63, 3.8) is 0 Å². The first-order valence-electron chi connectivity index (χ1n) is 4.25. The predicted molar refractivity (Wildman–Crippen MR) is 48.8 cm³/mol. The minimum atomic E-state index is -0.423. The lowest BCUT2D eigenvalue weighted by molar-refractivity contribution is -0.137. The van der Waals surface area contributed by atoms with Crippen molar-refractivity contribution in [2.24, 2.45) is 0 Å². The van der Waals surface area contributed by atoms with Crippen LogP contribution in [0.2, 0.25) is 0 Å². The van der Waals surface area contributed by atoms with E-state index >= 15 is 0 Å². The second-order valence-electron chi connectivity index (χ2n) is 2.46. The molecule has 0 saturated carbocycles. The summed E-state index contributed by atoms with van der Waals surface area (Å²) in [5.41, 5.74) is 0.575. The van der Waals surface area contributed by atoms with Crippen LogP contribution < -0.4 is 5.32 Å². The summed E-state index contributed by atoms with van der Waals surface area (Å²) >= 11 is 0. The van der Waals surface area contributed by atoms with Crippen LogP contribution in [-0.2, 0) is 14.3 Å². The summed E-state index contributed by atoms with van der Waals surface area (Å²) in [5.74, 6) is -0.606. The Hall–Kier alpha value is -1.32. The zero-order chi connectivity index (χ0) is 10.3. The average Bonchev–Trinajstić information content (AvgIpc) is 2.02. The molecule has 0 heterocycles. The van der Waals surface area contributed by atoms with Gasteiger partial charge in [-0.15, -0.1) is 0 Å². The maximum absolute atomic E-state index is 10.9. The first-order chi connectivity index (χ1) is 6.10. The fourth-order valence-electron chi connectivity index (χ4n) is 0.779. The second-order valence-corrected chi connectivity index (χ2v) is 2.46. The van der Waals surface area contributed by atoms with Gasteiger partial charge in [-0.1, -0.05) is 6.92 Å². The molecule has 0 aliphatic rings. The number of hydrogen-bond donors (Lipinski definition) is 1. The number of nitrogens with one attached hydrogen (secondary N) is 1. The van der Waals surface area contributed by atoms with Crippen molar-refractivity contribution in [2.45, 2.75) is 27.2 Å². The number of hydrogen-bond acceptors (Lipinski definition) is 3. The summed E-state index contributed by atoms with van der Waals surface area (Å²) in [6.07, 6.45) is 1.89. The van der Waals surface area contributed by atoms with E-state index in [9.17, 15) is 9.59 Å². The molecule has 0 aromatic carbocycles. The molecule has 74 valence electrons. The highest BCUT2D eigenvalue weighted by Crippen LogP contribution is 1.96. The van der Waals surface area contributed by atoms with Crippen molar-refractivity contribution in [3.8, 4) is 0 Å². The van der Waals surface area contributed by atoms with E-state index in [1.165, 1.54) is 13.0 Å². The Morgan fingerprint density at radius 2 is 2.00 bits per heavy atom. The monoisotopic (exact) mass is 185 g/mol. The summed E-state index contributed by atoms with van der Waals surface area (Å²) in [4.78, 5) is 21.6. The Morgan fingerprint density at radius 3 is 2.38 bits per heavy atom. The average molecular weight is 185 g/mol. The van der Waals surface area contributed by atoms with Crippen LogP contribution in [0.4, 0.5) is 0 Å². The number of ether oxygens (including phenoxy) is 1. The van der Waals surface area contributed by atoms with E-state index in [0.29, 0.717) is 18.7 Å². The molecule has 0 aromatic heterocycles. The lowest BCUT2D eigenvalue weighted by Gasteiger charge is -2.04. The Labute approximate surface area is 78.0 Å². The molecule has 0 fully saturated rings. The molecule has 0 rings (SSSR count). The molecular weight excluding hydrogens is 170 g/mol. The van der Waals surface area contributed by atoms with Crippen LogP contribution in [-0.4, -0.2) is 18.5 Å². The standard InChI is InChI=1S/C9H15NO3/c1-4-8(10-7(3)11)6-9(12)13-5-2/h6H,4-5H2,1-3H3,(H,10,11)/b8-6+. The van der Waals surface area contributed by atoms with Gasteiger partial charge in [-0.2, -0.15) is 0 Å². The summed E-state index contributed by atoms with van der Waals surface area (Å²) in [5, 5.41) is 2.54. The summed E-state index contributed by atoms with van der Waals surface area (Å²) in [6, 6.07) is 0. The third kappa shape index (κ3) is 5.90. The summed E-state index contributed by atoms with van der Waals surface area (Å²) < 4.78 is 4.69.